The quantitative estimate of drug-likeness (QED) is 0.676. The fourth-order valence-electron chi connectivity index (χ4n) is 1.50. The minimum atomic E-state index is -1.06. The summed E-state index contributed by atoms with van der Waals surface area (Å²) in [7, 11) is 0. The highest BCUT2D eigenvalue weighted by atomic mass is 16.4. The van der Waals surface area contributed by atoms with Crippen LogP contribution in [0.3, 0.4) is 0 Å². The van der Waals surface area contributed by atoms with Gasteiger partial charge in [0.15, 0.2) is 0 Å². The van der Waals surface area contributed by atoms with Crippen LogP contribution >= 0.6 is 0 Å². The van der Waals surface area contributed by atoms with E-state index in [0.29, 0.717) is 11.7 Å². The fraction of sp³-hybridized carbons (Fsp3) is 0.583. The average molecular weight is 241 g/mol. The van der Waals surface area contributed by atoms with Gasteiger partial charge in [-0.2, -0.15) is 0 Å². The molecular weight excluding hydrogens is 222 g/mol. The molecule has 0 spiro atoms. The first-order valence-corrected chi connectivity index (χ1v) is 5.71. The molecule has 0 saturated carbocycles. The van der Waals surface area contributed by atoms with Crippen molar-refractivity contribution in [3.63, 3.8) is 0 Å². The third-order valence-electron chi connectivity index (χ3n) is 2.66. The second-order valence-electron chi connectivity index (χ2n) is 4.25. The van der Waals surface area contributed by atoms with Gasteiger partial charge in [0.2, 0.25) is 5.76 Å². The molecule has 1 rings (SSSR count). The van der Waals surface area contributed by atoms with Gasteiger partial charge in [-0.3, -0.25) is 0 Å². The lowest BCUT2D eigenvalue weighted by Gasteiger charge is -2.15. The van der Waals surface area contributed by atoms with Crippen molar-refractivity contribution in [2.24, 2.45) is 5.92 Å². The Labute approximate surface area is 100 Å². The molecule has 3 N–H and O–H groups in total. The number of aliphatic hydroxyl groups is 1. The van der Waals surface area contributed by atoms with Crippen molar-refractivity contribution in [2.45, 2.75) is 26.3 Å². The molecule has 2 atom stereocenters. The Bertz CT molecular complexity index is 361. The van der Waals surface area contributed by atoms with Crippen LogP contribution in [0.25, 0.3) is 0 Å². The van der Waals surface area contributed by atoms with Crippen LogP contribution in [0.2, 0.25) is 0 Å². The summed E-state index contributed by atoms with van der Waals surface area (Å²) in [5.41, 5.74) is 0. The lowest BCUT2D eigenvalue weighted by molar-refractivity contribution is 0.0659. The summed E-state index contributed by atoms with van der Waals surface area (Å²) in [5, 5.41) is 20.7. The number of furan rings is 1. The van der Waals surface area contributed by atoms with E-state index in [0.717, 1.165) is 13.0 Å². The molecule has 0 saturated heterocycles. The summed E-state index contributed by atoms with van der Waals surface area (Å²) in [6.45, 7) is 4.89. The molecule has 0 radical (unpaired) electrons. The van der Waals surface area contributed by atoms with E-state index >= 15 is 0 Å². The number of carbonyl (C=O) groups is 1. The minimum Gasteiger partial charge on any atom is -0.475 e. The number of carboxylic acid groups (broad SMARTS) is 1. The molecule has 0 amide bonds. The molecule has 5 heteroatoms. The zero-order valence-corrected chi connectivity index (χ0v) is 10.1. The molecule has 5 nitrogen and oxygen atoms in total. The molecule has 2 unspecified atom stereocenters. The molecular formula is C12H19NO4. The Balaban J connectivity index is 2.46. The zero-order chi connectivity index (χ0) is 12.8. The second-order valence-corrected chi connectivity index (χ2v) is 4.25. The van der Waals surface area contributed by atoms with Gasteiger partial charge in [0.25, 0.3) is 0 Å². The molecule has 96 valence electrons. The molecule has 17 heavy (non-hydrogen) atoms. The van der Waals surface area contributed by atoms with Crippen molar-refractivity contribution in [1.82, 2.24) is 5.32 Å². The van der Waals surface area contributed by atoms with Crippen LogP contribution < -0.4 is 5.32 Å². The maximum Gasteiger partial charge on any atom is 0.371 e. The number of carboxylic acids is 1. The van der Waals surface area contributed by atoms with E-state index in [9.17, 15) is 4.79 Å². The molecule has 0 aliphatic heterocycles. The predicted octanol–water partition coefficient (Wildman–Crippen LogP) is 1.65. The Morgan fingerprint density at radius 1 is 1.47 bits per heavy atom. The maximum absolute atomic E-state index is 10.6. The summed E-state index contributed by atoms with van der Waals surface area (Å²) < 4.78 is 5.19. The van der Waals surface area contributed by atoms with E-state index in [1.54, 1.807) is 6.07 Å². The second kappa shape index (κ2) is 6.42. The topological polar surface area (TPSA) is 82.7 Å². The summed E-state index contributed by atoms with van der Waals surface area (Å²) in [4.78, 5) is 10.6. The Hall–Kier alpha value is -1.33. The first kappa shape index (κ1) is 13.7. The van der Waals surface area contributed by atoms with Gasteiger partial charge in [0.1, 0.15) is 5.76 Å². The fourth-order valence-corrected chi connectivity index (χ4v) is 1.50. The number of aliphatic hydroxyl groups excluding tert-OH is 1. The maximum atomic E-state index is 10.6. The van der Waals surface area contributed by atoms with Gasteiger partial charge in [-0.25, -0.2) is 4.79 Å². The third-order valence-corrected chi connectivity index (χ3v) is 2.66. The van der Waals surface area contributed by atoms with Gasteiger partial charge in [-0.15, -0.1) is 0 Å². The van der Waals surface area contributed by atoms with Gasteiger partial charge in [0, 0.05) is 6.61 Å². The van der Waals surface area contributed by atoms with E-state index in [1.807, 2.05) is 13.8 Å². The highest BCUT2D eigenvalue weighted by Crippen LogP contribution is 2.16. The molecule has 0 bridgehead atoms. The number of hydrogen-bond acceptors (Lipinski definition) is 4. The molecule has 0 fully saturated rings. The van der Waals surface area contributed by atoms with Crippen LogP contribution in [0, 0.1) is 5.92 Å². The van der Waals surface area contributed by atoms with E-state index in [2.05, 4.69) is 5.32 Å². The predicted molar refractivity (Wildman–Crippen MR) is 63.0 cm³/mol. The van der Waals surface area contributed by atoms with E-state index in [4.69, 9.17) is 14.6 Å². The number of nitrogens with one attached hydrogen (secondary N) is 1. The normalized spacial score (nSPS) is 14.5. The number of rotatable bonds is 7. The van der Waals surface area contributed by atoms with Gasteiger partial charge >= 0.3 is 5.97 Å². The van der Waals surface area contributed by atoms with Crippen molar-refractivity contribution in [1.29, 1.82) is 0 Å². The summed E-state index contributed by atoms with van der Waals surface area (Å²) in [6, 6.07) is 3.08. The van der Waals surface area contributed by atoms with Crippen LogP contribution in [0.4, 0.5) is 0 Å². The van der Waals surface area contributed by atoms with Crippen molar-refractivity contribution in [2.75, 3.05) is 13.2 Å². The highest BCUT2D eigenvalue weighted by molar-refractivity contribution is 5.84. The lowest BCUT2D eigenvalue weighted by atomic mass is 10.1. The standard InChI is InChI=1S/C12H19NO4/c1-8(5-6-14)7-13-9(2)10-3-4-11(17-10)12(15)16/h3-4,8-9,13-14H,5-7H2,1-2H3,(H,15,16). The first-order valence-electron chi connectivity index (χ1n) is 5.71. The van der Waals surface area contributed by atoms with Crippen LogP contribution in [0.5, 0.6) is 0 Å². The van der Waals surface area contributed by atoms with Crippen LogP contribution in [-0.4, -0.2) is 29.3 Å². The van der Waals surface area contributed by atoms with Crippen LogP contribution in [-0.2, 0) is 0 Å². The van der Waals surface area contributed by atoms with Crippen molar-refractivity contribution < 1.29 is 19.4 Å². The summed E-state index contributed by atoms with van der Waals surface area (Å²) >= 11 is 0. The van der Waals surface area contributed by atoms with Crippen LogP contribution in [0.1, 0.15) is 42.6 Å². The molecule has 1 heterocycles. The van der Waals surface area contributed by atoms with Crippen LogP contribution in [0.15, 0.2) is 16.5 Å². The van der Waals surface area contributed by atoms with Gasteiger partial charge in [0.05, 0.1) is 6.04 Å². The minimum absolute atomic E-state index is 0.0377. The largest absolute Gasteiger partial charge is 0.475 e. The first-order chi connectivity index (χ1) is 8.04. The Kier molecular flexibility index (Phi) is 5.18. The molecule has 1 aromatic rings. The Morgan fingerprint density at radius 2 is 2.18 bits per heavy atom. The highest BCUT2D eigenvalue weighted by Gasteiger charge is 2.14. The third kappa shape index (κ3) is 4.20. The monoisotopic (exact) mass is 241 g/mol. The summed E-state index contributed by atoms with van der Waals surface area (Å²) in [6.07, 6.45) is 0.748. The van der Waals surface area contributed by atoms with Gasteiger partial charge in [-0.1, -0.05) is 6.92 Å². The van der Waals surface area contributed by atoms with Crippen molar-refractivity contribution >= 4 is 5.97 Å². The zero-order valence-electron chi connectivity index (χ0n) is 10.1. The number of hydrogen-bond donors (Lipinski definition) is 3. The van der Waals surface area contributed by atoms with E-state index < -0.39 is 5.97 Å². The lowest BCUT2D eigenvalue weighted by Crippen LogP contribution is -2.24. The van der Waals surface area contributed by atoms with Crippen molar-refractivity contribution in [3.8, 4) is 0 Å². The molecule has 0 aliphatic carbocycles. The van der Waals surface area contributed by atoms with Gasteiger partial charge in [-0.05, 0) is 37.9 Å². The average Bonchev–Trinajstić information content (AvgIpc) is 2.75. The molecule has 0 aliphatic rings. The van der Waals surface area contributed by atoms with E-state index in [-0.39, 0.29) is 18.4 Å². The molecule has 0 aromatic carbocycles. The summed E-state index contributed by atoms with van der Waals surface area (Å²) in [5.74, 6) is -0.121. The SMILES string of the molecule is CC(CCO)CNC(C)c1ccc(C(=O)O)o1. The van der Waals surface area contributed by atoms with Crippen molar-refractivity contribution in [3.05, 3.63) is 23.7 Å². The smallest absolute Gasteiger partial charge is 0.371 e. The Morgan fingerprint density at radius 3 is 2.71 bits per heavy atom. The molecule has 1 aromatic heterocycles. The number of aromatic carboxylic acids is 1. The van der Waals surface area contributed by atoms with E-state index in [1.165, 1.54) is 6.07 Å². The van der Waals surface area contributed by atoms with Gasteiger partial charge < -0.3 is 19.9 Å².